The average molecular weight is 168 g/mol. The Balaban J connectivity index is 3.42. The summed E-state index contributed by atoms with van der Waals surface area (Å²) in [6.07, 6.45) is 0. The summed E-state index contributed by atoms with van der Waals surface area (Å²) in [5.41, 5.74) is 1.50. The first-order valence-corrected chi connectivity index (χ1v) is 3.69. The molecule has 0 fully saturated rings. The van der Waals surface area contributed by atoms with Crippen molar-refractivity contribution in [2.75, 3.05) is 0 Å². The molecule has 1 aromatic carbocycles. The minimum atomic E-state index is -0.257. The van der Waals surface area contributed by atoms with Crippen LogP contribution in [0.5, 0.6) is 11.5 Å². The van der Waals surface area contributed by atoms with Crippen molar-refractivity contribution < 1.29 is 15.3 Å². The first-order valence-electron chi connectivity index (χ1n) is 3.69. The molecule has 0 spiro atoms. The third-order valence-corrected chi connectivity index (χ3v) is 2.01. The fourth-order valence-corrected chi connectivity index (χ4v) is 1.15. The maximum Gasteiger partial charge on any atom is 0.124 e. The number of aliphatic hydroxyl groups is 1. The molecule has 0 saturated heterocycles. The van der Waals surface area contributed by atoms with Crippen LogP contribution in [0.25, 0.3) is 0 Å². The number of aromatic hydroxyl groups is 2. The van der Waals surface area contributed by atoms with Crippen molar-refractivity contribution in [3.05, 3.63) is 22.8 Å². The largest absolute Gasteiger partial charge is 0.508 e. The number of hydrogen-bond donors (Lipinski definition) is 3. The number of phenolic OH excluding ortho intramolecular Hbond substituents is 1. The summed E-state index contributed by atoms with van der Waals surface area (Å²) in [7, 11) is 0. The molecule has 0 aliphatic heterocycles. The highest BCUT2D eigenvalue weighted by Gasteiger charge is 2.10. The van der Waals surface area contributed by atoms with E-state index in [2.05, 4.69) is 0 Å². The molecule has 12 heavy (non-hydrogen) atoms. The lowest BCUT2D eigenvalue weighted by atomic mass is 10.0. The van der Waals surface area contributed by atoms with Crippen LogP contribution in [0.4, 0.5) is 0 Å². The maximum absolute atomic E-state index is 9.43. The zero-order valence-corrected chi connectivity index (χ0v) is 7.13. The summed E-state index contributed by atoms with van der Waals surface area (Å²) < 4.78 is 0. The minimum Gasteiger partial charge on any atom is -0.508 e. The predicted molar refractivity (Wildman–Crippen MR) is 45.2 cm³/mol. The third-order valence-electron chi connectivity index (χ3n) is 2.01. The van der Waals surface area contributed by atoms with E-state index in [0.717, 1.165) is 0 Å². The molecule has 0 saturated carbocycles. The van der Waals surface area contributed by atoms with Gasteiger partial charge in [-0.15, -0.1) is 0 Å². The highest BCUT2D eigenvalue weighted by atomic mass is 16.3. The Hall–Kier alpha value is -1.22. The Morgan fingerprint density at radius 3 is 2.33 bits per heavy atom. The van der Waals surface area contributed by atoms with Crippen LogP contribution in [-0.2, 0) is 6.61 Å². The normalized spacial score (nSPS) is 10.2. The Kier molecular flexibility index (Phi) is 2.24. The van der Waals surface area contributed by atoms with Gasteiger partial charge in [0, 0.05) is 5.56 Å². The van der Waals surface area contributed by atoms with Crippen molar-refractivity contribution in [2.45, 2.75) is 20.5 Å². The molecule has 0 aromatic heterocycles. The lowest BCUT2D eigenvalue weighted by molar-refractivity contribution is 0.273. The summed E-state index contributed by atoms with van der Waals surface area (Å²) in [4.78, 5) is 0. The number of aryl methyl sites for hydroxylation is 1. The zero-order chi connectivity index (χ0) is 9.30. The molecule has 0 radical (unpaired) electrons. The molecule has 0 unspecified atom stereocenters. The van der Waals surface area contributed by atoms with E-state index in [1.54, 1.807) is 13.8 Å². The van der Waals surface area contributed by atoms with Crippen LogP contribution < -0.4 is 0 Å². The average Bonchev–Trinajstić information content (AvgIpc) is 2.02. The van der Waals surface area contributed by atoms with Gasteiger partial charge in [-0.05, 0) is 31.0 Å². The molecule has 3 N–H and O–H groups in total. The van der Waals surface area contributed by atoms with Crippen molar-refractivity contribution in [1.29, 1.82) is 0 Å². The van der Waals surface area contributed by atoms with E-state index in [9.17, 15) is 10.2 Å². The van der Waals surface area contributed by atoms with Crippen LogP contribution in [0.2, 0.25) is 0 Å². The number of phenols is 2. The summed E-state index contributed by atoms with van der Waals surface area (Å²) in [5, 5.41) is 27.6. The van der Waals surface area contributed by atoms with Crippen molar-refractivity contribution >= 4 is 0 Å². The van der Waals surface area contributed by atoms with Crippen molar-refractivity contribution in [1.82, 2.24) is 0 Å². The molecular formula is C9H12O3. The molecule has 0 amide bonds. The molecule has 1 rings (SSSR count). The molecule has 66 valence electrons. The van der Waals surface area contributed by atoms with E-state index in [1.807, 2.05) is 0 Å². The van der Waals surface area contributed by atoms with E-state index in [-0.39, 0.29) is 18.1 Å². The standard InChI is InChI=1S/C9H12O3/c1-5-3-8(11)6(2)7(4-10)9(5)12/h3,10-12H,4H2,1-2H3. The summed E-state index contributed by atoms with van der Waals surface area (Å²) in [5.74, 6) is 0.169. The van der Waals surface area contributed by atoms with Gasteiger partial charge in [0.1, 0.15) is 11.5 Å². The Labute approximate surface area is 70.9 Å². The van der Waals surface area contributed by atoms with Gasteiger partial charge in [0.05, 0.1) is 6.61 Å². The van der Waals surface area contributed by atoms with Crippen LogP contribution in [0.15, 0.2) is 6.07 Å². The van der Waals surface area contributed by atoms with Crippen LogP contribution >= 0.6 is 0 Å². The summed E-state index contributed by atoms with van der Waals surface area (Å²) in [6, 6.07) is 1.48. The topological polar surface area (TPSA) is 60.7 Å². The molecule has 0 atom stereocenters. The summed E-state index contributed by atoms with van der Waals surface area (Å²) >= 11 is 0. The van der Waals surface area contributed by atoms with Crippen LogP contribution in [0.1, 0.15) is 16.7 Å². The molecular weight excluding hydrogens is 156 g/mol. The quantitative estimate of drug-likeness (QED) is 0.552. The van der Waals surface area contributed by atoms with E-state index < -0.39 is 0 Å². The predicted octanol–water partition coefficient (Wildman–Crippen LogP) is 1.21. The SMILES string of the molecule is Cc1cc(O)c(C)c(CO)c1O. The van der Waals surface area contributed by atoms with Gasteiger partial charge in [-0.25, -0.2) is 0 Å². The Morgan fingerprint density at radius 2 is 1.83 bits per heavy atom. The molecule has 1 aromatic rings. The van der Waals surface area contributed by atoms with Gasteiger partial charge >= 0.3 is 0 Å². The van der Waals surface area contributed by atoms with Gasteiger partial charge < -0.3 is 15.3 Å². The second kappa shape index (κ2) is 3.03. The van der Waals surface area contributed by atoms with E-state index in [4.69, 9.17) is 5.11 Å². The van der Waals surface area contributed by atoms with Crippen LogP contribution in [0, 0.1) is 13.8 Å². The van der Waals surface area contributed by atoms with Crippen molar-refractivity contribution in [3.8, 4) is 11.5 Å². The lowest BCUT2D eigenvalue weighted by Gasteiger charge is -2.09. The lowest BCUT2D eigenvalue weighted by Crippen LogP contribution is -1.92. The number of hydrogen-bond acceptors (Lipinski definition) is 3. The van der Waals surface area contributed by atoms with Crippen LogP contribution in [-0.4, -0.2) is 15.3 Å². The van der Waals surface area contributed by atoms with E-state index >= 15 is 0 Å². The minimum absolute atomic E-state index is 0.0628. The first kappa shape index (κ1) is 8.87. The molecule has 3 heteroatoms. The highest BCUT2D eigenvalue weighted by Crippen LogP contribution is 2.31. The first-order chi connectivity index (χ1) is 5.57. The molecule has 0 heterocycles. The molecule has 0 aliphatic rings. The second-order valence-electron chi connectivity index (χ2n) is 2.82. The van der Waals surface area contributed by atoms with Gasteiger partial charge in [-0.2, -0.15) is 0 Å². The molecule has 0 bridgehead atoms. The molecule has 3 nitrogen and oxygen atoms in total. The fraction of sp³-hybridized carbons (Fsp3) is 0.333. The van der Waals surface area contributed by atoms with Gasteiger partial charge in [0.15, 0.2) is 0 Å². The Bertz CT molecular complexity index is 279. The van der Waals surface area contributed by atoms with Gasteiger partial charge in [0.2, 0.25) is 0 Å². The van der Waals surface area contributed by atoms with E-state index in [0.29, 0.717) is 16.7 Å². The van der Waals surface area contributed by atoms with Crippen LogP contribution in [0.3, 0.4) is 0 Å². The highest BCUT2D eigenvalue weighted by molar-refractivity contribution is 5.50. The molecule has 0 aliphatic carbocycles. The van der Waals surface area contributed by atoms with Gasteiger partial charge in [0.25, 0.3) is 0 Å². The fourth-order valence-electron chi connectivity index (χ4n) is 1.15. The number of aliphatic hydroxyl groups excluding tert-OH is 1. The monoisotopic (exact) mass is 168 g/mol. The van der Waals surface area contributed by atoms with Crippen molar-refractivity contribution in [3.63, 3.8) is 0 Å². The number of benzene rings is 1. The van der Waals surface area contributed by atoms with Gasteiger partial charge in [-0.1, -0.05) is 0 Å². The summed E-state index contributed by atoms with van der Waals surface area (Å²) in [6.45, 7) is 3.07. The smallest absolute Gasteiger partial charge is 0.124 e. The van der Waals surface area contributed by atoms with E-state index in [1.165, 1.54) is 6.07 Å². The van der Waals surface area contributed by atoms with Crippen molar-refractivity contribution in [2.24, 2.45) is 0 Å². The second-order valence-corrected chi connectivity index (χ2v) is 2.82. The third kappa shape index (κ3) is 1.23. The maximum atomic E-state index is 9.43. The van der Waals surface area contributed by atoms with Gasteiger partial charge in [-0.3, -0.25) is 0 Å². The number of rotatable bonds is 1. The zero-order valence-electron chi connectivity index (χ0n) is 7.13. The Morgan fingerprint density at radius 1 is 1.25 bits per heavy atom.